The van der Waals surface area contributed by atoms with Gasteiger partial charge in [-0.2, -0.15) is 0 Å². The van der Waals surface area contributed by atoms with E-state index in [0.717, 1.165) is 43.7 Å². The standard InChI is InChI=1S/C23H27N3O/c1-18-7-2-3-9-20(18)12-11-19-8-6-13-25(17-19)23(27)15-21-16-24-22-10-4-5-14-26(21)22/h2-5,7,9-10,14,16,19H,6,8,11-13,15,17H2,1H3/t19-/m1/s1. The number of piperidine rings is 1. The van der Waals surface area contributed by atoms with Gasteiger partial charge >= 0.3 is 0 Å². The summed E-state index contributed by atoms with van der Waals surface area (Å²) in [6, 6.07) is 14.5. The molecule has 27 heavy (non-hydrogen) atoms. The Kier molecular flexibility index (Phi) is 5.23. The largest absolute Gasteiger partial charge is 0.342 e. The zero-order chi connectivity index (χ0) is 18.6. The van der Waals surface area contributed by atoms with E-state index in [9.17, 15) is 4.79 Å². The molecule has 0 saturated carbocycles. The number of pyridine rings is 1. The van der Waals surface area contributed by atoms with E-state index in [4.69, 9.17) is 0 Å². The first-order chi connectivity index (χ1) is 13.2. The summed E-state index contributed by atoms with van der Waals surface area (Å²) in [6.07, 6.45) is 8.83. The van der Waals surface area contributed by atoms with Gasteiger partial charge in [0.05, 0.1) is 12.1 Å². The number of carbonyl (C=O) groups excluding carboxylic acids is 1. The third-order valence-electron chi connectivity index (χ3n) is 5.78. The third-order valence-corrected chi connectivity index (χ3v) is 5.78. The van der Waals surface area contributed by atoms with Crippen molar-refractivity contribution in [1.82, 2.24) is 14.3 Å². The lowest BCUT2D eigenvalue weighted by atomic mass is 9.90. The maximum atomic E-state index is 12.9. The van der Waals surface area contributed by atoms with E-state index in [-0.39, 0.29) is 5.91 Å². The molecule has 0 N–H and O–H groups in total. The van der Waals surface area contributed by atoms with Gasteiger partial charge < -0.3 is 9.30 Å². The van der Waals surface area contributed by atoms with Crippen LogP contribution in [0.3, 0.4) is 0 Å². The van der Waals surface area contributed by atoms with Crippen LogP contribution in [0.2, 0.25) is 0 Å². The van der Waals surface area contributed by atoms with Gasteiger partial charge in [-0.3, -0.25) is 4.79 Å². The fourth-order valence-electron chi connectivity index (χ4n) is 4.16. The number of likely N-dealkylation sites (tertiary alicyclic amines) is 1. The van der Waals surface area contributed by atoms with Crippen LogP contribution < -0.4 is 0 Å². The molecule has 3 heterocycles. The maximum absolute atomic E-state index is 12.9. The number of aryl methyl sites for hydroxylation is 2. The zero-order valence-corrected chi connectivity index (χ0v) is 16.0. The lowest BCUT2D eigenvalue weighted by Gasteiger charge is -2.33. The van der Waals surface area contributed by atoms with Crippen LogP contribution in [0.1, 0.15) is 36.1 Å². The van der Waals surface area contributed by atoms with E-state index in [0.29, 0.717) is 12.3 Å². The average Bonchev–Trinajstić information content (AvgIpc) is 3.10. The van der Waals surface area contributed by atoms with Crippen molar-refractivity contribution < 1.29 is 4.79 Å². The second kappa shape index (κ2) is 7.95. The first-order valence-electron chi connectivity index (χ1n) is 9.94. The molecular weight excluding hydrogens is 334 g/mol. The molecule has 1 aliphatic heterocycles. The Morgan fingerprint density at radius 2 is 2.04 bits per heavy atom. The molecular formula is C23H27N3O. The second-order valence-electron chi connectivity index (χ2n) is 7.67. The van der Waals surface area contributed by atoms with Crippen LogP contribution in [0.15, 0.2) is 54.9 Å². The van der Waals surface area contributed by atoms with E-state index in [1.165, 1.54) is 17.5 Å². The molecule has 0 unspecified atom stereocenters. The molecule has 1 atom stereocenters. The van der Waals surface area contributed by atoms with E-state index in [1.54, 1.807) is 0 Å². The van der Waals surface area contributed by atoms with Crippen molar-refractivity contribution in [2.75, 3.05) is 13.1 Å². The molecule has 0 radical (unpaired) electrons. The molecule has 1 amide bonds. The molecule has 0 aliphatic carbocycles. The van der Waals surface area contributed by atoms with Gasteiger partial charge in [-0.15, -0.1) is 0 Å². The lowest BCUT2D eigenvalue weighted by Crippen LogP contribution is -2.41. The highest BCUT2D eigenvalue weighted by Gasteiger charge is 2.24. The first-order valence-corrected chi connectivity index (χ1v) is 9.94. The fraction of sp³-hybridized carbons (Fsp3) is 0.391. The highest BCUT2D eigenvalue weighted by Crippen LogP contribution is 2.23. The predicted molar refractivity (Wildman–Crippen MR) is 108 cm³/mol. The minimum Gasteiger partial charge on any atom is -0.342 e. The Balaban J connectivity index is 1.36. The smallest absolute Gasteiger partial charge is 0.228 e. The van der Waals surface area contributed by atoms with Gasteiger partial charge in [0, 0.05) is 25.5 Å². The number of amides is 1. The SMILES string of the molecule is Cc1ccccc1CC[C@H]1CCCN(C(=O)Cc2cnc3ccccn23)C1. The predicted octanol–water partition coefficient (Wildman–Crippen LogP) is 4.06. The molecule has 1 aromatic carbocycles. The molecule has 140 valence electrons. The van der Waals surface area contributed by atoms with Crippen molar-refractivity contribution in [3.63, 3.8) is 0 Å². The number of nitrogens with zero attached hydrogens (tertiary/aromatic N) is 3. The number of hydrogen-bond acceptors (Lipinski definition) is 2. The monoisotopic (exact) mass is 361 g/mol. The Bertz CT molecular complexity index is 930. The van der Waals surface area contributed by atoms with Crippen LogP contribution in [0, 0.1) is 12.8 Å². The van der Waals surface area contributed by atoms with Gasteiger partial charge in [0.2, 0.25) is 5.91 Å². The van der Waals surface area contributed by atoms with E-state index < -0.39 is 0 Å². The molecule has 4 heteroatoms. The van der Waals surface area contributed by atoms with Crippen molar-refractivity contribution in [2.24, 2.45) is 5.92 Å². The summed E-state index contributed by atoms with van der Waals surface area (Å²) >= 11 is 0. The number of hydrogen-bond donors (Lipinski definition) is 0. The van der Waals surface area contributed by atoms with Crippen LogP contribution in [0.4, 0.5) is 0 Å². The van der Waals surface area contributed by atoms with Gasteiger partial charge in [0.1, 0.15) is 5.65 Å². The molecule has 3 aromatic rings. The Hall–Kier alpha value is -2.62. The van der Waals surface area contributed by atoms with E-state index >= 15 is 0 Å². The summed E-state index contributed by atoms with van der Waals surface area (Å²) in [5, 5.41) is 0. The Morgan fingerprint density at radius 1 is 1.19 bits per heavy atom. The van der Waals surface area contributed by atoms with Crippen molar-refractivity contribution in [3.05, 3.63) is 71.7 Å². The highest BCUT2D eigenvalue weighted by atomic mass is 16.2. The average molecular weight is 361 g/mol. The first kappa shape index (κ1) is 17.8. The molecule has 0 bridgehead atoms. The van der Waals surface area contributed by atoms with Crippen molar-refractivity contribution in [2.45, 2.75) is 39.0 Å². The maximum Gasteiger partial charge on any atom is 0.228 e. The van der Waals surface area contributed by atoms with Gasteiger partial charge in [0.25, 0.3) is 0 Å². The lowest BCUT2D eigenvalue weighted by molar-refractivity contribution is -0.132. The Labute approximate surface area is 160 Å². The third kappa shape index (κ3) is 4.05. The van der Waals surface area contributed by atoms with Crippen molar-refractivity contribution in [3.8, 4) is 0 Å². The second-order valence-corrected chi connectivity index (χ2v) is 7.67. The number of imidazole rings is 1. The van der Waals surface area contributed by atoms with Gasteiger partial charge in [-0.25, -0.2) is 4.98 Å². The summed E-state index contributed by atoms with van der Waals surface area (Å²) in [6.45, 7) is 3.96. The molecule has 0 spiro atoms. The summed E-state index contributed by atoms with van der Waals surface area (Å²) < 4.78 is 2.01. The van der Waals surface area contributed by atoms with Crippen LogP contribution >= 0.6 is 0 Å². The minimum absolute atomic E-state index is 0.223. The summed E-state index contributed by atoms with van der Waals surface area (Å²) in [5.41, 5.74) is 4.67. The van der Waals surface area contributed by atoms with Gasteiger partial charge in [-0.1, -0.05) is 30.3 Å². The van der Waals surface area contributed by atoms with Crippen molar-refractivity contribution in [1.29, 1.82) is 0 Å². The molecule has 1 aliphatic rings. The molecule has 1 fully saturated rings. The van der Waals surface area contributed by atoms with Crippen LogP contribution in [-0.4, -0.2) is 33.3 Å². The molecule has 1 saturated heterocycles. The van der Waals surface area contributed by atoms with E-state index in [1.807, 2.05) is 35.0 Å². The quantitative estimate of drug-likeness (QED) is 0.687. The fourth-order valence-corrected chi connectivity index (χ4v) is 4.16. The van der Waals surface area contributed by atoms with Crippen LogP contribution in [-0.2, 0) is 17.6 Å². The van der Waals surface area contributed by atoms with Crippen molar-refractivity contribution >= 4 is 11.6 Å². The summed E-state index contributed by atoms with van der Waals surface area (Å²) in [4.78, 5) is 19.3. The van der Waals surface area contributed by atoms with Crippen LogP contribution in [0.5, 0.6) is 0 Å². The topological polar surface area (TPSA) is 37.6 Å². The summed E-state index contributed by atoms with van der Waals surface area (Å²) in [5.74, 6) is 0.825. The molecule has 4 nitrogen and oxygen atoms in total. The molecule has 2 aromatic heterocycles. The number of carbonyl (C=O) groups is 1. The Morgan fingerprint density at radius 3 is 2.93 bits per heavy atom. The molecule has 4 rings (SSSR count). The zero-order valence-electron chi connectivity index (χ0n) is 16.0. The van der Waals surface area contributed by atoms with Gasteiger partial charge in [-0.05, 0) is 61.8 Å². The van der Waals surface area contributed by atoms with Crippen LogP contribution in [0.25, 0.3) is 5.65 Å². The summed E-state index contributed by atoms with van der Waals surface area (Å²) in [7, 11) is 0. The highest BCUT2D eigenvalue weighted by molar-refractivity contribution is 5.78. The number of benzene rings is 1. The van der Waals surface area contributed by atoms with E-state index in [2.05, 4.69) is 41.1 Å². The number of rotatable bonds is 5. The van der Waals surface area contributed by atoms with Gasteiger partial charge in [0.15, 0.2) is 0 Å². The number of aromatic nitrogens is 2. The number of fused-ring (bicyclic) bond motifs is 1. The normalized spacial score (nSPS) is 17.4. The minimum atomic E-state index is 0.223.